The summed E-state index contributed by atoms with van der Waals surface area (Å²) < 4.78 is 70.9. The minimum Gasteiger partial charge on any atom is -0.471 e. The molecule has 262 valence electrons. The van der Waals surface area contributed by atoms with E-state index in [0.29, 0.717) is 51.5 Å². The molecule has 0 aliphatic heterocycles. The first kappa shape index (κ1) is 37.0. The summed E-state index contributed by atoms with van der Waals surface area (Å²) in [7, 11) is 0. The lowest BCUT2D eigenvalue weighted by Crippen LogP contribution is -2.27. The average molecular weight is 764 g/mol. The van der Waals surface area contributed by atoms with Gasteiger partial charge in [0.05, 0.1) is 36.4 Å². The number of amides is 1. The van der Waals surface area contributed by atoms with Crippen molar-refractivity contribution in [3.8, 4) is 5.88 Å². The number of pyridine rings is 2. The van der Waals surface area contributed by atoms with Crippen LogP contribution in [0.25, 0.3) is 11.0 Å². The zero-order chi connectivity index (χ0) is 35.3. The number of hydrogen-bond acceptors (Lipinski definition) is 7. The lowest BCUT2D eigenvalue weighted by molar-refractivity contribution is -0.184. The minimum atomic E-state index is -4.18. The second-order valence-electron chi connectivity index (χ2n) is 11.7. The van der Waals surface area contributed by atoms with Gasteiger partial charge in [0.25, 0.3) is 12.3 Å². The summed E-state index contributed by atoms with van der Waals surface area (Å²) in [4.78, 5) is 34.9. The summed E-state index contributed by atoms with van der Waals surface area (Å²) in [5, 5.41) is 6.74. The van der Waals surface area contributed by atoms with Crippen LogP contribution < -0.4 is 15.4 Å². The summed E-state index contributed by atoms with van der Waals surface area (Å²) >= 11 is 20.1. The summed E-state index contributed by atoms with van der Waals surface area (Å²) in [5.74, 6) is -1.93. The number of ether oxygens (including phenoxy) is 1. The van der Waals surface area contributed by atoms with Crippen LogP contribution in [0.3, 0.4) is 0 Å². The van der Waals surface area contributed by atoms with E-state index in [2.05, 4.69) is 20.6 Å². The molecule has 7 nitrogen and oxygen atoms in total. The maximum atomic E-state index is 13.2. The molecule has 0 saturated heterocycles. The Bertz CT molecular complexity index is 1820. The Morgan fingerprint density at radius 1 is 1.00 bits per heavy atom. The Morgan fingerprint density at radius 2 is 1.76 bits per heavy atom. The number of hydrogen-bond donors (Lipinski definition) is 2. The highest BCUT2D eigenvalue weighted by Crippen LogP contribution is 2.41. The number of ketones is 1. The van der Waals surface area contributed by atoms with Crippen molar-refractivity contribution in [3.63, 3.8) is 0 Å². The van der Waals surface area contributed by atoms with E-state index in [-0.39, 0.29) is 76.4 Å². The van der Waals surface area contributed by atoms with Crippen LogP contribution in [0.5, 0.6) is 5.88 Å². The molecule has 0 bridgehead atoms. The third-order valence-corrected chi connectivity index (χ3v) is 10.3. The number of carbonyl (C=O) groups excluding carboxylic acids is 2. The number of anilines is 2. The van der Waals surface area contributed by atoms with Crippen molar-refractivity contribution in [3.05, 3.63) is 72.9 Å². The zero-order valence-electron chi connectivity index (χ0n) is 25.7. The quantitative estimate of drug-likeness (QED) is 0.104. The van der Waals surface area contributed by atoms with Crippen LogP contribution >= 0.6 is 46.1 Å². The number of benzene rings is 1. The van der Waals surface area contributed by atoms with Gasteiger partial charge in [-0.15, -0.1) is 11.3 Å². The molecule has 5 rings (SSSR count). The first-order valence-corrected chi connectivity index (χ1v) is 17.3. The van der Waals surface area contributed by atoms with Gasteiger partial charge in [0, 0.05) is 18.4 Å². The number of carbonyl (C=O) groups is 2. The van der Waals surface area contributed by atoms with Gasteiger partial charge in [0.2, 0.25) is 5.88 Å². The van der Waals surface area contributed by atoms with Gasteiger partial charge in [0.1, 0.15) is 5.82 Å². The normalized spacial score (nSPS) is 16.6. The van der Waals surface area contributed by atoms with Crippen molar-refractivity contribution < 1.29 is 36.3 Å². The number of fused-ring (bicyclic) bond motifs is 1. The Hall–Kier alpha value is -3.26. The molecule has 3 heterocycles. The van der Waals surface area contributed by atoms with Crippen molar-refractivity contribution >= 4 is 80.4 Å². The van der Waals surface area contributed by atoms with E-state index in [1.165, 1.54) is 6.07 Å². The van der Waals surface area contributed by atoms with Crippen molar-refractivity contribution in [2.45, 2.75) is 64.1 Å². The molecule has 0 radical (unpaired) electrons. The van der Waals surface area contributed by atoms with Crippen LogP contribution in [0.15, 0.2) is 42.5 Å². The van der Waals surface area contributed by atoms with Crippen molar-refractivity contribution in [1.29, 1.82) is 0 Å². The molecule has 1 aromatic carbocycles. The second kappa shape index (κ2) is 16.2. The number of thiophene rings is 1. The van der Waals surface area contributed by atoms with E-state index in [9.17, 15) is 31.5 Å². The smallest absolute Gasteiger partial charge is 0.391 e. The molecule has 1 fully saturated rings. The highest BCUT2D eigenvalue weighted by Gasteiger charge is 2.41. The van der Waals surface area contributed by atoms with E-state index in [0.717, 1.165) is 11.3 Å². The predicted octanol–water partition coefficient (Wildman–Crippen LogP) is 10.7. The van der Waals surface area contributed by atoms with Gasteiger partial charge in [-0.05, 0) is 80.0 Å². The standard InChI is InChI=1S/C33H30Cl3F5N4O3S/c34-22-10-6-19(15-42-31(47)24-11-12-25(35)49-24)28(36)29(22)43-27-13-7-18-14-21(32(45-30(18)44-27)48-16-26(37)38)23(46)3-1-2-17-4-8-20(9-5-17)33(39,40)41/h6-7,10-14,17,20,26H,1-5,8-9,15-16H2,(H,42,47)(H,43,44,45). The molecule has 1 aliphatic rings. The number of halogens is 8. The monoisotopic (exact) mass is 762 g/mol. The lowest BCUT2D eigenvalue weighted by atomic mass is 9.79. The van der Waals surface area contributed by atoms with Crippen LogP contribution in [-0.4, -0.2) is 40.9 Å². The first-order chi connectivity index (χ1) is 23.3. The SMILES string of the molecule is O=C(NCc1ccc(Cl)c(Nc2ccc3cc(C(=O)CCCC4CCC(C(F)(F)F)CC4)c(OCC(F)F)nc3n2)c1Cl)c1ccc(Cl)s1. The van der Waals surface area contributed by atoms with E-state index >= 15 is 0 Å². The molecule has 4 aromatic rings. The van der Waals surface area contributed by atoms with Crippen LogP contribution in [0, 0.1) is 11.8 Å². The number of Topliss-reactive ketones (excluding diaryl/α,β-unsaturated/α-hetero) is 1. The molecule has 1 amide bonds. The zero-order valence-corrected chi connectivity index (χ0v) is 28.8. The maximum Gasteiger partial charge on any atom is 0.391 e. The van der Waals surface area contributed by atoms with Crippen molar-refractivity contribution in [1.82, 2.24) is 15.3 Å². The summed E-state index contributed by atoms with van der Waals surface area (Å²) in [5.41, 5.74) is 0.969. The average Bonchev–Trinajstić information content (AvgIpc) is 3.50. The number of nitrogens with one attached hydrogen (secondary N) is 2. The highest BCUT2D eigenvalue weighted by molar-refractivity contribution is 7.18. The fourth-order valence-corrected chi connectivity index (χ4v) is 7.19. The topological polar surface area (TPSA) is 93.2 Å². The van der Waals surface area contributed by atoms with Crippen LogP contribution in [0.4, 0.5) is 33.5 Å². The highest BCUT2D eigenvalue weighted by atomic mass is 35.5. The van der Waals surface area contributed by atoms with E-state index in [1.807, 2.05) is 0 Å². The Kier molecular flexibility index (Phi) is 12.2. The van der Waals surface area contributed by atoms with Gasteiger partial charge < -0.3 is 15.4 Å². The molecular formula is C33H30Cl3F5N4O3S. The van der Waals surface area contributed by atoms with Gasteiger partial charge in [-0.1, -0.05) is 47.3 Å². The van der Waals surface area contributed by atoms with Crippen LogP contribution in [0.2, 0.25) is 14.4 Å². The van der Waals surface area contributed by atoms with Gasteiger partial charge >= 0.3 is 6.18 Å². The maximum absolute atomic E-state index is 13.2. The van der Waals surface area contributed by atoms with Crippen molar-refractivity contribution in [2.24, 2.45) is 11.8 Å². The first-order valence-electron chi connectivity index (χ1n) is 15.4. The van der Waals surface area contributed by atoms with Gasteiger partial charge in [-0.25, -0.2) is 13.8 Å². The van der Waals surface area contributed by atoms with E-state index < -0.39 is 25.1 Å². The molecule has 49 heavy (non-hydrogen) atoms. The van der Waals surface area contributed by atoms with Gasteiger partial charge in [-0.2, -0.15) is 18.2 Å². The summed E-state index contributed by atoms with van der Waals surface area (Å²) in [6, 6.07) is 11.2. The number of alkyl halides is 5. The summed E-state index contributed by atoms with van der Waals surface area (Å²) in [6.45, 7) is -0.903. The Balaban J connectivity index is 1.28. The van der Waals surface area contributed by atoms with E-state index in [4.69, 9.17) is 39.5 Å². The molecule has 1 saturated carbocycles. The number of nitrogens with zero attached hydrogens (tertiary/aromatic N) is 2. The van der Waals surface area contributed by atoms with E-state index in [1.54, 1.807) is 36.4 Å². The molecule has 16 heteroatoms. The van der Waals surface area contributed by atoms with Gasteiger partial charge in [0.15, 0.2) is 18.0 Å². The summed E-state index contributed by atoms with van der Waals surface area (Å²) in [6.07, 6.45) is -4.87. The fraction of sp³-hybridized carbons (Fsp3) is 0.394. The molecule has 2 N–H and O–H groups in total. The fourth-order valence-electron chi connectivity index (χ4n) is 5.69. The number of aromatic nitrogens is 2. The second-order valence-corrected chi connectivity index (χ2v) is 14.2. The molecule has 0 spiro atoms. The van der Waals surface area contributed by atoms with Gasteiger partial charge in [-0.3, -0.25) is 9.59 Å². The molecular weight excluding hydrogens is 734 g/mol. The third-order valence-electron chi connectivity index (χ3n) is 8.28. The third kappa shape index (κ3) is 9.71. The Labute approximate surface area is 297 Å². The lowest BCUT2D eigenvalue weighted by Gasteiger charge is -2.29. The Morgan fingerprint density at radius 3 is 2.43 bits per heavy atom. The molecule has 0 unspecified atom stereocenters. The minimum absolute atomic E-state index is 0.0158. The molecule has 1 aliphatic carbocycles. The molecule has 3 aromatic heterocycles. The molecule has 0 atom stereocenters. The van der Waals surface area contributed by atoms with Crippen LogP contribution in [0.1, 0.15) is 70.5 Å². The van der Waals surface area contributed by atoms with Crippen LogP contribution in [-0.2, 0) is 6.54 Å². The van der Waals surface area contributed by atoms with Crippen molar-refractivity contribution in [2.75, 3.05) is 11.9 Å². The largest absolute Gasteiger partial charge is 0.471 e. The number of rotatable bonds is 13. The predicted molar refractivity (Wildman–Crippen MR) is 181 cm³/mol.